The molecule has 2 aromatic carbocycles. The van der Waals surface area contributed by atoms with Gasteiger partial charge < -0.3 is 19.2 Å². The van der Waals surface area contributed by atoms with Gasteiger partial charge in [-0.2, -0.15) is 0 Å². The van der Waals surface area contributed by atoms with Crippen LogP contribution < -0.4 is 14.8 Å². The van der Waals surface area contributed by atoms with E-state index in [0.29, 0.717) is 29.6 Å². The molecule has 0 aliphatic rings. The fourth-order valence-corrected chi connectivity index (χ4v) is 2.55. The molecule has 0 aliphatic carbocycles. The second-order valence-corrected chi connectivity index (χ2v) is 5.95. The molecule has 134 valence electrons. The van der Waals surface area contributed by atoms with Crippen molar-refractivity contribution in [2.45, 2.75) is 13.2 Å². The van der Waals surface area contributed by atoms with E-state index in [0.717, 1.165) is 16.9 Å². The standard InChI is InChI=1S/C20H18FNO3S/c1-23-19-11-15(20(26)22-12-17-3-2-10-24-17)6-9-18(19)25-13-14-4-7-16(21)8-5-14/h2-11H,12-13H2,1H3,(H,22,26). The lowest BCUT2D eigenvalue weighted by Gasteiger charge is -2.13. The van der Waals surface area contributed by atoms with Gasteiger partial charge in [-0.25, -0.2) is 4.39 Å². The van der Waals surface area contributed by atoms with Crippen LogP contribution in [-0.2, 0) is 13.2 Å². The summed E-state index contributed by atoms with van der Waals surface area (Å²) in [5, 5.41) is 3.14. The van der Waals surface area contributed by atoms with Crippen LogP contribution in [0.15, 0.2) is 65.3 Å². The van der Waals surface area contributed by atoms with Gasteiger partial charge in [0.15, 0.2) is 11.5 Å². The molecule has 3 aromatic rings. The molecule has 26 heavy (non-hydrogen) atoms. The summed E-state index contributed by atoms with van der Waals surface area (Å²) in [4.78, 5) is 0.588. The Morgan fingerprint density at radius 3 is 2.62 bits per heavy atom. The topological polar surface area (TPSA) is 43.6 Å². The Kier molecular flexibility index (Phi) is 5.86. The second kappa shape index (κ2) is 8.49. The monoisotopic (exact) mass is 371 g/mol. The molecule has 4 nitrogen and oxygen atoms in total. The van der Waals surface area contributed by atoms with Gasteiger partial charge in [0, 0.05) is 5.56 Å². The summed E-state index contributed by atoms with van der Waals surface area (Å²) in [7, 11) is 1.57. The van der Waals surface area contributed by atoms with Crippen LogP contribution in [0.4, 0.5) is 4.39 Å². The van der Waals surface area contributed by atoms with E-state index in [1.807, 2.05) is 24.3 Å². The molecule has 0 spiro atoms. The predicted octanol–water partition coefficient (Wildman–Crippen LogP) is 4.47. The van der Waals surface area contributed by atoms with Gasteiger partial charge in [-0.05, 0) is 48.0 Å². The van der Waals surface area contributed by atoms with Crippen molar-refractivity contribution in [2.75, 3.05) is 7.11 Å². The first-order chi connectivity index (χ1) is 12.7. The summed E-state index contributed by atoms with van der Waals surface area (Å²) in [5.74, 6) is 1.70. The Labute approximate surface area is 156 Å². The first-order valence-corrected chi connectivity index (χ1v) is 8.42. The van der Waals surface area contributed by atoms with E-state index in [9.17, 15) is 4.39 Å². The maximum Gasteiger partial charge on any atom is 0.161 e. The minimum atomic E-state index is -0.272. The predicted molar refractivity (Wildman–Crippen MR) is 101 cm³/mol. The van der Waals surface area contributed by atoms with E-state index in [2.05, 4.69) is 5.32 Å². The highest BCUT2D eigenvalue weighted by molar-refractivity contribution is 7.80. The molecule has 1 aromatic heterocycles. The van der Waals surface area contributed by atoms with Gasteiger partial charge in [-0.1, -0.05) is 24.4 Å². The summed E-state index contributed by atoms with van der Waals surface area (Å²) in [6.45, 7) is 0.828. The van der Waals surface area contributed by atoms with E-state index in [-0.39, 0.29) is 5.82 Å². The summed E-state index contributed by atoms with van der Waals surface area (Å²) in [5.41, 5.74) is 1.69. The summed E-state index contributed by atoms with van der Waals surface area (Å²) >= 11 is 5.41. The SMILES string of the molecule is COc1cc(C(=S)NCc2ccco2)ccc1OCc1ccc(F)cc1. The second-order valence-electron chi connectivity index (χ2n) is 5.54. The summed E-state index contributed by atoms with van der Waals surface area (Å²) in [6.07, 6.45) is 1.62. The van der Waals surface area contributed by atoms with Gasteiger partial charge in [0.25, 0.3) is 0 Å². The molecule has 0 atom stereocenters. The molecule has 0 amide bonds. The zero-order chi connectivity index (χ0) is 18.4. The van der Waals surface area contributed by atoms with Crippen molar-refractivity contribution in [1.82, 2.24) is 5.32 Å². The molecule has 0 aliphatic heterocycles. The molecule has 1 heterocycles. The fourth-order valence-electron chi connectivity index (χ4n) is 2.35. The molecule has 0 radical (unpaired) electrons. The highest BCUT2D eigenvalue weighted by Crippen LogP contribution is 2.29. The maximum atomic E-state index is 13.0. The number of ether oxygens (including phenoxy) is 2. The summed E-state index contributed by atoms with van der Waals surface area (Å²) < 4.78 is 29.4. The van der Waals surface area contributed by atoms with Gasteiger partial charge in [-0.3, -0.25) is 0 Å². The van der Waals surface area contributed by atoms with Crippen LogP contribution in [0, 0.1) is 5.82 Å². The molecule has 1 N–H and O–H groups in total. The normalized spacial score (nSPS) is 10.4. The molecule has 6 heteroatoms. The van der Waals surface area contributed by atoms with Crippen molar-refractivity contribution >= 4 is 17.2 Å². The van der Waals surface area contributed by atoms with E-state index < -0.39 is 0 Å². The van der Waals surface area contributed by atoms with Crippen molar-refractivity contribution in [3.63, 3.8) is 0 Å². The lowest BCUT2D eigenvalue weighted by Crippen LogP contribution is -2.21. The van der Waals surface area contributed by atoms with Gasteiger partial charge in [0.2, 0.25) is 0 Å². The third kappa shape index (κ3) is 4.61. The molecule has 0 bridgehead atoms. The highest BCUT2D eigenvalue weighted by atomic mass is 32.1. The quantitative estimate of drug-likeness (QED) is 0.621. The van der Waals surface area contributed by atoms with Crippen molar-refractivity contribution < 1.29 is 18.3 Å². The zero-order valence-corrected chi connectivity index (χ0v) is 15.0. The van der Waals surface area contributed by atoms with Crippen LogP contribution in [0.3, 0.4) is 0 Å². The number of nitrogens with one attached hydrogen (secondary N) is 1. The first-order valence-electron chi connectivity index (χ1n) is 8.01. The Morgan fingerprint density at radius 1 is 1.12 bits per heavy atom. The lowest BCUT2D eigenvalue weighted by molar-refractivity contribution is 0.284. The highest BCUT2D eigenvalue weighted by Gasteiger charge is 2.10. The van der Waals surface area contributed by atoms with Crippen molar-refractivity contribution in [1.29, 1.82) is 0 Å². The Morgan fingerprint density at radius 2 is 1.92 bits per heavy atom. The number of thiocarbonyl (C=S) groups is 1. The van der Waals surface area contributed by atoms with Crippen molar-refractivity contribution in [3.8, 4) is 11.5 Å². The Balaban J connectivity index is 1.64. The lowest BCUT2D eigenvalue weighted by atomic mass is 10.2. The van der Waals surface area contributed by atoms with Gasteiger partial charge >= 0.3 is 0 Å². The number of hydrogen-bond acceptors (Lipinski definition) is 4. The number of rotatable bonds is 7. The van der Waals surface area contributed by atoms with E-state index in [4.69, 9.17) is 26.1 Å². The smallest absolute Gasteiger partial charge is 0.161 e. The minimum Gasteiger partial charge on any atom is -0.493 e. The van der Waals surface area contributed by atoms with E-state index in [1.165, 1.54) is 12.1 Å². The van der Waals surface area contributed by atoms with Crippen molar-refractivity contribution in [2.24, 2.45) is 0 Å². The van der Waals surface area contributed by atoms with Gasteiger partial charge in [0.05, 0.1) is 19.9 Å². The number of furan rings is 1. The largest absolute Gasteiger partial charge is 0.493 e. The number of halogens is 1. The van der Waals surface area contributed by atoms with E-state index in [1.54, 1.807) is 31.6 Å². The van der Waals surface area contributed by atoms with Crippen molar-refractivity contribution in [3.05, 3.63) is 83.6 Å². The fraction of sp³-hybridized carbons (Fsp3) is 0.150. The number of hydrogen-bond donors (Lipinski definition) is 1. The average Bonchev–Trinajstić information content (AvgIpc) is 3.19. The maximum absolute atomic E-state index is 13.0. The van der Waals surface area contributed by atoms with Crippen LogP contribution in [0.5, 0.6) is 11.5 Å². The molecule has 0 unspecified atom stereocenters. The van der Waals surface area contributed by atoms with Crippen LogP contribution >= 0.6 is 12.2 Å². The summed E-state index contributed by atoms with van der Waals surface area (Å²) in [6, 6.07) is 15.4. The third-order valence-corrected chi connectivity index (χ3v) is 4.12. The van der Waals surface area contributed by atoms with Gasteiger partial charge in [0.1, 0.15) is 23.2 Å². The average molecular weight is 371 g/mol. The van der Waals surface area contributed by atoms with Crippen LogP contribution in [0.1, 0.15) is 16.9 Å². The Hall–Kier alpha value is -2.86. The molecule has 3 rings (SSSR count). The van der Waals surface area contributed by atoms with E-state index >= 15 is 0 Å². The number of methoxy groups -OCH3 is 1. The van der Waals surface area contributed by atoms with Crippen LogP contribution in [-0.4, -0.2) is 12.1 Å². The third-order valence-electron chi connectivity index (χ3n) is 3.74. The zero-order valence-electron chi connectivity index (χ0n) is 14.2. The molecular formula is C20H18FNO3S. The minimum absolute atomic E-state index is 0.272. The molecular weight excluding hydrogens is 353 g/mol. The Bertz CT molecular complexity index is 863. The molecule has 0 saturated carbocycles. The number of benzene rings is 2. The molecule has 0 fully saturated rings. The van der Waals surface area contributed by atoms with Crippen LogP contribution in [0.25, 0.3) is 0 Å². The van der Waals surface area contributed by atoms with Crippen LogP contribution in [0.2, 0.25) is 0 Å². The molecule has 0 saturated heterocycles. The van der Waals surface area contributed by atoms with Gasteiger partial charge in [-0.15, -0.1) is 0 Å². The first kappa shape index (κ1) is 17.9.